The SMILES string of the molecule is NC1=NC(N)C(=O)C(N)=N1. The molecular weight excluding hydrogens is 134 g/mol. The van der Waals surface area contributed by atoms with E-state index in [1.807, 2.05) is 0 Å². The molecular formula is C4H7N5O. The summed E-state index contributed by atoms with van der Waals surface area (Å²) in [6, 6.07) is 0. The third-order valence-electron chi connectivity index (χ3n) is 1.03. The van der Waals surface area contributed by atoms with Crippen LogP contribution < -0.4 is 17.2 Å². The average Bonchev–Trinajstić information content (AvgIpc) is 1.82. The zero-order valence-electron chi connectivity index (χ0n) is 5.11. The maximum Gasteiger partial charge on any atom is 0.236 e. The van der Waals surface area contributed by atoms with Crippen molar-refractivity contribution in [1.29, 1.82) is 0 Å². The Morgan fingerprint density at radius 3 is 2.50 bits per heavy atom. The van der Waals surface area contributed by atoms with Gasteiger partial charge in [0.25, 0.3) is 0 Å². The van der Waals surface area contributed by atoms with Crippen LogP contribution in [0.5, 0.6) is 0 Å². The summed E-state index contributed by atoms with van der Waals surface area (Å²) in [5.74, 6) is -0.723. The largest absolute Gasteiger partial charge is 0.381 e. The van der Waals surface area contributed by atoms with E-state index >= 15 is 0 Å². The van der Waals surface area contributed by atoms with E-state index in [2.05, 4.69) is 9.98 Å². The van der Waals surface area contributed by atoms with Crippen LogP contribution in [0, 0.1) is 0 Å². The van der Waals surface area contributed by atoms with E-state index in [1.54, 1.807) is 0 Å². The van der Waals surface area contributed by atoms with Crippen molar-refractivity contribution in [3.05, 3.63) is 0 Å². The third kappa shape index (κ3) is 0.960. The second-order valence-corrected chi connectivity index (χ2v) is 1.79. The van der Waals surface area contributed by atoms with Crippen LogP contribution in [-0.2, 0) is 4.79 Å². The molecule has 0 aliphatic carbocycles. The van der Waals surface area contributed by atoms with E-state index in [9.17, 15) is 4.79 Å². The quantitative estimate of drug-likeness (QED) is 0.346. The Hall–Kier alpha value is -1.43. The summed E-state index contributed by atoms with van der Waals surface area (Å²) in [6.07, 6.45) is -0.975. The zero-order valence-corrected chi connectivity index (χ0v) is 5.11. The Bertz CT molecular complexity index is 230. The monoisotopic (exact) mass is 141 g/mol. The van der Waals surface area contributed by atoms with Crippen molar-refractivity contribution < 1.29 is 4.79 Å². The lowest BCUT2D eigenvalue weighted by molar-refractivity contribution is -0.114. The molecule has 1 heterocycles. The highest BCUT2D eigenvalue weighted by atomic mass is 16.1. The van der Waals surface area contributed by atoms with Gasteiger partial charge in [-0.15, -0.1) is 0 Å². The van der Waals surface area contributed by atoms with Gasteiger partial charge in [0.05, 0.1) is 0 Å². The number of hydrogen-bond donors (Lipinski definition) is 3. The average molecular weight is 141 g/mol. The molecule has 6 N–H and O–H groups in total. The Morgan fingerprint density at radius 2 is 2.00 bits per heavy atom. The molecule has 0 aromatic rings. The Morgan fingerprint density at radius 1 is 1.40 bits per heavy atom. The summed E-state index contributed by atoms with van der Waals surface area (Å²) in [5.41, 5.74) is 15.4. The van der Waals surface area contributed by atoms with Gasteiger partial charge in [0.2, 0.25) is 11.7 Å². The molecule has 0 radical (unpaired) electrons. The molecule has 1 rings (SSSR count). The van der Waals surface area contributed by atoms with Crippen LogP contribution in [0.25, 0.3) is 0 Å². The van der Waals surface area contributed by atoms with Crippen LogP contribution >= 0.6 is 0 Å². The number of ketones is 1. The maximum atomic E-state index is 10.7. The molecule has 1 aliphatic heterocycles. The minimum atomic E-state index is -0.975. The number of rotatable bonds is 0. The van der Waals surface area contributed by atoms with Gasteiger partial charge in [-0.25, -0.2) is 4.99 Å². The predicted molar refractivity (Wildman–Crippen MR) is 36.2 cm³/mol. The molecule has 1 unspecified atom stereocenters. The van der Waals surface area contributed by atoms with Crippen molar-refractivity contribution >= 4 is 17.6 Å². The molecule has 0 saturated carbocycles. The molecule has 6 heteroatoms. The van der Waals surface area contributed by atoms with Gasteiger partial charge in [-0.2, -0.15) is 4.99 Å². The number of guanidine groups is 1. The summed E-state index contributed by atoms with van der Waals surface area (Å²) < 4.78 is 0. The number of carbonyl (C=O) groups excluding carboxylic acids is 1. The first kappa shape index (κ1) is 6.69. The molecule has 1 atom stereocenters. The Labute approximate surface area is 56.8 Å². The van der Waals surface area contributed by atoms with Crippen LogP contribution in [-0.4, -0.2) is 23.7 Å². The van der Waals surface area contributed by atoms with Gasteiger partial charge in [0.1, 0.15) is 0 Å². The fraction of sp³-hybridized carbons (Fsp3) is 0.250. The van der Waals surface area contributed by atoms with E-state index in [0.29, 0.717) is 0 Å². The van der Waals surface area contributed by atoms with Crippen LogP contribution in [0.15, 0.2) is 9.98 Å². The molecule has 10 heavy (non-hydrogen) atoms. The van der Waals surface area contributed by atoms with E-state index in [0.717, 1.165) is 0 Å². The fourth-order valence-corrected chi connectivity index (χ4v) is 0.560. The molecule has 0 amide bonds. The molecule has 54 valence electrons. The molecule has 0 aromatic heterocycles. The van der Waals surface area contributed by atoms with Crippen molar-refractivity contribution in [2.24, 2.45) is 27.2 Å². The van der Waals surface area contributed by atoms with Crippen molar-refractivity contribution in [2.45, 2.75) is 6.17 Å². The molecule has 0 aromatic carbocycles. The molecule has 0 bridgehead atoms. The van der Waals surface area contributed by atoms with Crippen molar-refractivity contribution in [2.75, 3.05) is 0 Å². The van der Waals surface area contributed by atoms with Gasteiger partial charge < -0.3 is 17.2 Å². The molecule has 0 fully saturated rings. The van der Waals surface area contributed by atoms with Crippen molar-refractivity contribution in [3.63, 3.8) is 0 Å². The van der Waals surface area contributed by atoms with E-state index in [4.69, 9.17) is 17.2 Å². The number of carbonyl (C=O) groups is 1. The standard InChI is InChI=1S/C4H7N5O/c5-2-1(10)3(6)9-4(7)8-2/h2H,5H2,(H4,6,7,8,9). The van der Waals surface area contributed by atoms with Gasteiger partial charge in [-0.05, 0) is 0 Å². The van der Waals surface area contributed by atoms with Crippen LogP contribution in [0.3, 0.4) is 0 Å². The summed E-state index contributed by atoms with van der Waals surface area (Å²) in [5, 5.41) is 0. The summed E-state index contributed by atoms with van der Waals surface area (Å²) in [7, 11) is 0. The van der Waals surface area contributed by atoms with Gasteiger partial charge in [0, 0.05) is 0 Å². The number of nitrogens with two attached hydrogens (primary N) is 3. The molecule has 1 aliphatic rings. The highest BCUT2D eigenvalue weighted by Crippen LogP contribution is 1.92. The van der Waals surface area contributed by atoms with E-state index in [-0.39, 0.29) is 11.8 Å². The Balaban J connectivity index is 2.95. The van der Waals surface area contributed by atoms with Crippen LogP contribution in [0.1, 0.15) is 0 Å². The maximum absolute atomic E-state index is 10.7. The highest BCUT2D eigenvalue weighted by molar-refractivity contribution is 6.42. The first-order chi connectivity index (χ1) is 4.61. The van der Waals surface area contributed by atoms with Gasteiger partial charge in [-0.3, -0.25) is 4.79 Å². The number of amidine groups is 1. The predicted octanol–water partition coefficient (Wildman–Crippen LogP) is -2.47. The zero-order chi connectivity index (χ0) is 7.72. The van der Waals surface area contributed by atoms with E-state index < -0.39 is 11.9 Å². The van der Waals surface area contributed by atoms with Crippen LogP contribution in [0.4, 0.5) is 0 Å². The fourth-order valence-electron chi connectivity index (χ4n) is 0.560. The molecule has 0 spiro atoms. The normalized spacial score (nSPS) is 25.7. The first-order valence-corrected chi connectivity index (χ1v) is 2.58. The lowest BCUT2D eigenvalue weighted by Crippen LogP contribution is -2.43. The number of Topliss-reactive ketones (excluding diaryl/α,β-unsaturated/α-hetero) is 1. The third-order valence-corrected chi connectivity index (χ3v) is 1.03. The van der Waals surface area contributed by atoms with Gasteiger partial charge in [0.15, 0.2) is 12.0 Å². The summed E-state index contributed by atoms with van der Waals surface area (Å²) in [4.78, 5) is 17.6. The lowest BCUT2D eigenvalue weighted by atomic mass is 10.3. The highest BCUT2D eigenvalue weighted by Gasteiger charge is 2.20. The van der Waals surface area contributed by atoms with Gasteiger partial charge in [-0.1, -0.05) is 0 Å². The number of aliphatic imine (C=N–C) groups is 2. The smallest absolute Gasteiger partial charge is 0.236 e. The number of nitrogens with zero attached hydrogens (tertiary/aromatic N) is 2. The Kier molecular flexibility index (Phi) is 1.38. The lowest BCUT2D eigenvalue weighted by Gasteiger charge is -2.09. The molecule has 0 saturated heterocycles. The summed E-state index contributed by atoms with van der Waals surface area (Å²) in [6.45, 7) is 0. The molecule has 6 nitrogen and oxygen atoms in total. The van der Waals surface area contributed by atoms with Crippen molar-refractivity contribution in [3.8, 4) is 0 Å². The summed E-state index contributed by atoms with van der Waals surface area (Å²) >= 11 is 0. The van der Waals surface area contributed by atoms with Crippen LogP contribution in [0.2, 0.25) is 0 Å². The van der Waals surface area contributed by atoms with E-state index in [1.165, 1.54) is 0 Å². The van der Waals surface area contributed by atoms with Gasteiger partial charge >= 0.3 is 0 Å². The topological polar surface area (TPSA) is 120 Å². The number of hydrogen-bond acceptors (Lipinski definition) is 6. The first-order valence-electron chi connectivity index (χ1n) is 2.58. The van der Waals surface area contributed by atoms with Crippen molar-refractivity contribution in [1.82, 2.24) is 0 Å². The second kappa shape index (κ2) is 2.07. The minimum Gasteiger partial charge on any atom is -0.381 e. The second-order valence-electron chi connectivity index (χ2n) is 1.79. The minimum absolute atomic E-state index is 0.0513.